The fourth-order valence-electron chi connectivity index (χ4n) is 6.18. The molecule has 3 aliphatic rings. The molecule has 12 heteroatoms. The maximum Gasteiger partial charge on any atom is 0.408 e. The van der Waals surface area contributed by atoms with Crippen LogP contribution in [0.1, 0.15) is 53.7 Å². The van der Waals surface area contributed by atoms with E-state index in [2.05, 4.69) is 27.8 Å². The van der Waals surface area contributed by atoms with Gasteiger partial charge in [0, 0.05) is 41.2 Å². The van der Waals surface area contributed by atoms with Crippen molar-refractivity contribution in [3.8, 4) is 17.6 Å². The molecule has 0 bridgehead atoms. The number of amides is 2. The van der Waals surface area contributed by atoms with Crippen molar-refractivity contribution >= 4 is 34.3 Å². The van der Waals surface area contributed by atoms with Crippen LogP contribution in [0.15, 0.2) is 36.4 Å². The van der Waals surface area contributed by atoms with Gasteiger partial charge in [0.1, 0.15) is 18.5 Å². The minimum atomic E-state index is -4.48. The minimum absolute atomic E-state index is 0.135. The first-order valence-electron chi connectivity index (χ1n) is 14.3. The normalized spacial score (nSPS) is 18.4. The fourth-order valence-corrected chi connectivity index (χ4v) is 6.18. The molecule has 2 aliphatic heterocycles. The summed E-state index contributed by atoms with van der Waals surface area (Å²) >= 11 is 0. The van der Waals surface area contributed by atoms with Gasteiger partial charge in [-0.3, -0.25) is 9.69 Å². The zero-order valence-corrected chi connectivity index (χ0v) is 23.6. The zero-order valence-electron chi connectivity index (χ0n) is 23.6. The van der Waals surface area contributed by atoms with E-state index in [0.717, 1.165) is 35.8 Å². The van der Waals surface area contributed by atoms with Crippen LogP contribution >= 0.6 is 0 Å². The Bertz CT molecular complexity index is 1650. The fraction of sp³-hybridized carbons (Fsp3) is 0.419. The Morgan fingerprint density at radius 3 is 2.70 bits per heavy atom. The molecule has 1 atom stereocenters. The Hall–Kier alpha value is -4.53. The third kappa shape index (κ3) is 5.51. The highest BCUT2D eigenvalue weighted by Gasteiger charge is 2.53. The SMILES string of the molecule is CNC(=O)c1ccc(NCC#Cc2cc3c(NC4CCCCN4C(=O)O)cccc3n2CC(F)(F)F)c2c1C1(CC1)CO2. The summed E-state index contributed by atoms with van der Waals surface area (Å²) in [5.74, 6) is 6.30. The molecule has 2 aromatic carbocycles. The highest BCUT2D eigenvalue weighted by Crippen LogP contribution is 2.58. The number of hydrogen-bond donors (Lipinski definition) is 4. The number of piperidine rings is 1. The van der Waals surface area contributed by atoms with Crippen LogP contribution in [0.4, 0.5) is 29.3 Å². The van der Waals surface area contributed by atoms with Gasteiger partial charge in [0.15, 0.2) is 0 Å². The maximum atomic E-state index is 13.6. The van der Waals surface area contributed by atoms with Crippen LogP contribution in [0.5, 0.6) is 5.75 Å². The number of hydrogen-bond acceptors (Lipinski definition) is 5. The molecule has 0 radical (unpaired) electrons. The van der Waals surface area contributed by atoms with Crippen molar-refractivity contribution in [2.75, 3.05) is 37.4 Å². The number of benzene rings is 2. The molecule has 2 fully saturated rings. The smallest absolute Gasteiger partial charge is 0.408 e. The van der Waals surface area contributed by atoms with Crippen molar-refractivity contribution in [3.05, 3.63) is 53.2 Å². The lowest BCUT2D eigenvalue weighted by atomic mass is 9.92. The zero-order chi connectivity index (χ0) is 30.4. The van der Waals surface area contributed by atoms with Crippen molar-refractivity contribution in [1.82, 2.24) is 14.8 Å². The Kier molecular flexibility index (Phi) is 7.28. The van der Waals surface area contributed by atoms with Gasteiger partial charge in [-0.25, -0.2) is 4.79 Å². The molecule has 6 rings (SSSR count). The number of rotatable bonds is 6. The van der Waals surface area contributed by atoms with Crippen LogP contribution in [-0.2, 0) is 12.0 Å². The van der Waals surface area contributed by atoms with E-state index in [1.807, 2.05) is 0 Å². The van der Waals surface area contributed by atoms with Gasteiger partial charge < -0.3 is 30.4 Å². The van der Waals surface area contributed by atoms with E-state index in [9.17, 15) is 27.9 Å². The standard InChI is InChI=1S/C31H32F3N5O4/c1-35-28(40)20-10-11-23(27-26(20)30(12-13-30)18-43-27)36-14-5-6-19-16-21-22(37-25-9-2-3-15-38(25)29(41)42)7-4-8-24(21)39(19)17-31(32,33)34/h4,7-8,10-11,16,25,36-37H,2-3,9,12-15,17-18H2,1H3,(H,35,40)(H,41,42). The van der Waals surface area contributed by atoms with Crippen LogP contribution in [0.2, 0.25) is 0 Å². The van der Waals surface area contributed by atoms with Crippen LogP contribution < -0.4 is 20.7 Å². The number of ether oxygens (including phenoxy) is 1. The average molecular weight is 596 g/mol. The number of carboxylic acid groups (broad SMARTS) is 1. The van der Waals surface area contributed by atoms with Crippen LogP contribution in [0.3, 0.4) is 0 Å². The molecule has 1 saturated carbocycles. The monoisotopic (exact) mass is 595 g/mol. The number of aromatic nitrogens is 1. The van der Waals surface area contributed by atoms with Crippen LogP contribution in [0.25, 0.3) is 10.9 Å². The van der Waals surface area contributed by atoms with Gasteiger partial charge in [0.25, 0.3) is 5.91 Å². The number of anilines is 2. The summed E-state index contributed by atoms with van der Waals surface area (Å²) in [6.07, 6.45) is -1.89. The second-order valence-electron chi connectivity index (χ2n) is 11.3. The summed E-state index contributed by atoms with van der Waals surface area (Å²) in [4.78, 5) is 25.6. The third-order valence-electron chi connectivity index (χ3n) is 8.44. The number of fused-ring (bicyclic) bond motifs is 3. The topological polar surface area (TPSA) is 108 Å². The molecule has 1 unspecified atom stereocenters. The van der Waals surface area contributed by atoms with E-state index in [1.54, 1.807) is 43.4 Å². The predicted octanol–water partition coefficient (Wildman–Crippen LogP) is 5.35. The van der Waals surface area contributed by atoms with E-state index in [1.165, 1.54) is 4.90 Å². The number of nitrogens with zero attached hydrogens (tertiary/aromatic N) is 2. The summed E-state index contributed by atoms with van der Waals surface area (Å²) in [5.41, 5.74) is 3.12. The molecule has 1 spiro atoms. The average Bonchev–Trinajstić information content (AvgIpc) is 3.55. The number of nitrogens with one attached hydrogen (secondary N) is 3. The lowest BCUT2D eigenvalue weighted by Crippen LogP contribution is -2.47. The Balaban J connectivity index is 1.28. The van der Waals surface area contributed by atoms with Gasteiger partial charge in [-0.05, 0) is 68.4 Å². The lowest BCUT2D eigenvalue weighted by Gasteiger charge is -2.34. The molecule has 1 saturated heterocycles. The molecular formula is C31H32F3N5O4. The van der Waals surface area contributed by atoms with Crippen molar-refractivity contribution < 1.29 is 32.6 Å². The molecule has 1 aliphatic carbocycles. The van der Waals surface area contributed by atoms with Crippen molar-refractivity contribution in [2.45, 2.75) is 56.4 Å². The molecule has 9 nitrogen and oxygen atoms in total. The predicted molar refractivity (Wildman–Crippen MR) is 156 cm³/mol. The highest BCUT2D eigenvalue weighted by molar-refractivity contribution is 5.98. The van der Waals surface area contributed by atoms with E-state index in [4.69, 9.17) is 4.74 Å². The van der Waals surface area contributed by atoms with Crippen molar-refractivity contribution in [2.24, 2.45) is 0 Å². The van der Waals surface area contributed by atoms with Crippen LogP contribution in [0, 0.1) is 11.8 Å². The first kappa shape index (κ1) is 28.6. The van der Waals surface area contributed by atoms with E-state index in [-0.39, 0.29) is 23.6 Å². The summed E-state index contributed by atoms with van der Waals surface area (Å²) in [7, 11) is 1.59. The summed E-state index contributed by atoms with van der Waals surface area (Å²) in [6.45, 7) is -0.176. The summed E-state index contributed by atoms with van der Waals surface area (Å²) < 4.78 is 48.1. The summed E-state index contributed by atoms with van der Waals surface area (Å²) in [6, 6.07) is 10.1. The quantitative estimate of drug-likeness (QED) is 0.286. The van der Waals surface area contributed by atoms with Crippen molar-refractivity contribution in [3.63, 3.8) is 0 Å². The van der Waals surface area contributed by atoms with Crippen molar-refractivity contribution in [1.29, 1.82) is 0 Å². The molecule has 1 aromatic heterocycles. The molecule has 4 N–H and O–H groups in total. The summed E-state index contributed by atoms with van der Waals surface area (Å²) in [5, 5.41) is 19.3. The molecule has 3 aromatic rings. The second-order valence-corrected chi connectivity index (χ2v) is 11.3. The molecular weight excluding hydrogens is 563 g/mol. The number of likely N-dealkylation sites (tertiary alicyclic amines) is 1. The van der Waals surface area contributed by atoms with Gasteiger partial charge in [-0.1, -0.05) is 12.0 Å². The lowest BCUT2D eigenvalue weighted by molar-refractivity contribution is -0.140. The molecule has 226 valence electrons. The Morgan fingerprint density at radius 2 is 1.98 bits per heavy atom. The van der Waals surface area contributed by atoms with Gasteiger partial charge in [-0.2, -0.15) is 13.2 Å². The van der Waals surface area contributed by atoms with E-state index >= 15 is 0 Å². The molecule has 2 amide bonds. The molecule has 43 heavy (non-hydrogen) atoms. The highest BCUT2D eigenvalue weighted by atomic mass is 19.4. The first-order valence-corrected chi connectivity index (χ1v) is 14.3. The number of halogens is 3. The second kappa shape index (κ2) is 10.9. The number of alkyl halides is 3. The van der Waals surface area contributed by atoms with Gasteiger partial charge in [0.05, 0.1) is 30.0 Å². The largest absolute Gasteiger partial charge is 0.490 e. The molecule has 3 heterocycles. The minimum Gasteiger partial charge on any atom is -0.490 e. The maximum absolute atomic E-state index is 13.6. The third-order valence-corrected chi connectivity index (χ3v) is 8.44. The number of carbonyl (C=O) groups is 2. The van der Waals surface area contributed by atoms with Gasteiger partial charge >= 0.3 is 12.3 Å². The van der Waals surface area contributed by atoms with E-state index in [0.29, 0.717) is 53.2 Å². The number of carbonyl (C=O) groups excluding carboxylic acids is 1. The van der Waals surface area contributed by atoms with Gasteiger partial charge in [-0.15, -0.1) is 0 Å². The first-order chi connectivity index (χ1) is 20.6. The Labute approximate surface area is 246 Å². The Morgan fingerprint density at radius 1 is 1.16 bits per heavy atom. The van der Waals surface area contributed by atoms with Gasteiger partial charge in [0.2, 0.25) is 0 Å². The van der Waals surface area contributed by atoms with E-state index < -0.39 is 25.0 Å². The van der Waals surface area contributed by atoms with Crippen LogP contribution in [-0.4, -0.2) is 65.7 Å².